The largest absolute Gasteiger partial charge is 0.505 e. The maximum atomic E-state index is 10.2. The molecule has 1 heterocycles. The second kappa shape index (κ2) is 5.18. The van der Waals surface area contributed by atoms with E-state index < -0.39 is 0 Å². The van der Waals surface area contributed by atoms with Crippen molar-refractivity contribution in [1.29, 1.82) is 0 Å². The van der Waals surface area contributed by atoms with E-state index in [9.17, 15) is 5.11 Å². The highest BCUT2D eigenvalue weighted by Crippen LogP contribution is 2.37. The van der Waals surface area contributed by atoms with Gasteiger partial charge in [0.15, 0.2) is 5.82 Å². The van der Waals surface area contributed by atoms with Crippen LogP contribution < -0.4 is 0 Å². The van der Waals surface area contributed by atoms with Gasteiger partial charge in [0.25, 0.3) is 0 Å². The average Bonchev–Trinajstić information content (AvgIpc) is 2.37. The quantitative estimate of drug-likeness (QED) is 0.803. The van der Waals surface area contributed by atoms with Crippen molar-refractivity contribution < 1.29 is 5.11 Å². The number of aromatic hydroxyl groups is 1. The van der Waals surface area contributed by atoms with Crippen LogP contribution in [0, 0.1) is 0 Å². The Bertz CT molecular complexity index is 586. The lowest BCUT2D eigenvalue weighted by atomic mass is 9.86. The minimum absolute atomic E-state index is 0.138. The van der Waals surface area contributed by atoms with Crippen molar-refractivity contribution in [1.82, 2.24) is 4.98 Å². The SMILES string of the molecule is CC(C)(C)c1cccc(N=Nc2ccccn2)c1O. The van der Waals surface area contributed by atoms with Gasteiger partial charge in [-0.2, -0.15) is 0 Å². The van der Waals surface area contributed by atoms with E-state index in [1.807, 2.05) is 45.0 Å². The van der Waals surface area contributed by atoms with Crippen LogP contribution in [0.15, 0.2) is 52.8 Å². The molecule has 0 aliphatic heterocycles. The molecule has 0 aliphatic carbocycles. The fourth-order valence-corrected chi connectivity index (χ4v) is 1.74. The van der Waals surface area contributed by atoms with Crippen molar-refractivity contribution in [2.75, 3.05) is 0 Å². The summed E-state index contributed by atoms with van der Waals surface area (Å²) >= 11 is 0. The Balaban J connectivity index is 2.34. The van der Waals surface area contributed by atoms with Gasteiger partial charge in [-0.3, -0.25) is 0 Å². The van der Waals surface area contributed by atoms with Gasteiger partial charge in [0, 0.05) is 11.8 Å². The normalized spacial score (nSPS) is 11.9. The number of phenolic OH excluding ortho intramolecular Hbond substituents is 1. The third-order valence-electron chi connectivity index (χ3n) is 2.73. The van der Waals surface area contributed by atoms with Crippen molar-refractivity contribution >= 4 is 11.5 Å². The van der Waals surface area contributed by atoms with Gasteiger partial charge in [0.05, 0.1) is 0 Å². The van der Waals surface area contributed by atoms with Gasteiger partial charge < -0.3 is 5.11 Å². The standard InChI is InChI=1S/C15H17N3O/c1-15(2,3)11-7-6-8-12(14(11)19)17-18-13-9-4-5-10-16-13/h4-10,19H,1-3H3. The summed E-state index contributed by atoms with van der Waals surface area (Å²) in [6.45, 7) is 6.13. The maximum absolute atomic E-state index is 10.2. The summed E-state index contributed by atoms with van der Waals surface area (Å²) in [5.41, 5.74) is 1.17. The topological polar surface area (TPSA) is 57.8 Å². The van der Waals surface area contributed by atoms with Crippen molar-refractivity contribution in [3.8, 4) is 5.75 Å². The number of azo groups is 1. The van der Waals surface area contributed by atoms with Crippen molar-refractivity contribution in [3.63, 3.8) is 0 Å². The number of aromatic nitrogens is 1. The molecule has 0 saturated carbocycles. The Kier molecular flexibility index (Phi) is 3.60. The zero-order chi connectivity index (χ0) is 13.9. The van der Waals surface area contributed by atoms with Crippen LogP contribution in [0.25, 0.3) is 0 Å². The van der Waals surface area contributed by atoms with E-state index in [0.29, 0.717) is 11.5 Å². The molecular formula is C15H17N3O. The summed E-state index contributed by atoms with van der Waals surface area (Å²) in [7, 11) is 0. The number of hydrogen-bond acceptors (Lipinski definition) is 4. The number of benzene rings is 1. The lowest BCUT2D eigenvalue weighted by molar-refractivity contribution is 0.448. The molecule has 19 heavy (non-hydrogen) atoms. The molecule has 0 spiro atoms. The molecule has 1 N–H and O–H groups in total. The minimum atomic E-state index is -0.138. The smallest absolute Gasteiger partial charge is 0.174 e. The predicted octanol–water partition coefficient (Wildman–Crippen LogP) is 4.50. The highest BCUT2D eigenvalue weighted by Gasteiger charge is 2.19. The van der Waals surface area contributed by atoms with E-state index in [1.165, 1.54) is 0 Å². The lowest BCUT2D eigenvalue weighted by Crippen LogP contribution is -2.10. The number of rotatable bonds is 2. The number of pyridine rings is 1. The zero-order valence-electron chi connectivity index (χ0n) is 11.3. The summed E-state index contributed by atoms with van der Waals surface area (Å²) in [5, 5.41) is 18.3. The maximum Gasteiger partial charge on any atom is 0.174 e. The summed E-state index contributed by atoms with van der Waals surface area (Å²) < 4.78 is 0. The van der Waals surface area contributed by atoms with Gasteiger partial charge in [-0.15, -0.1) is 10.2 Å². The monoisotopic (exact) mass is 255 g/mol. The van der Waals surface area contributed by atoms with Crippen LogP contribution in [0.5, 0.6) is 5.75 Å². The van der Waals surface area contributed by atoms with Gasteiger partial charge in [0.1, 0.15) is 11.4 Å². The first-order chi connectivity index (χ1) is 8.98. The van der Waals surface area contributed by atoms with E-state index in [0.717, 1.165) is 5.56 Å². The van der Waals surface area contributed by atoms with E-state index >= 15 is 0 Å². The van der Waals surface area contributed by atoms with Gasteiger partial charge in [-0.1, -0.05) is 39.0 Å². The summed E-state index contributed by atoms with van der Waals surface area (Å²) in [6.07, 6.45) is 1.65. The highest BCUT2D eigenvalue weighted by molar-refractivity contribution is 5.56. The molecule has 0 bridgehead atoms. The van der Waals surface area contributed by atoms with E-state index in [1.54, 1.807) is 18.3 Å². The van der Waals surface area contributed by atoms with Crippen LogP contribution in [0.3, 0.4) is 0 Å². The molecule has 0 aliphatic rings. The third-order valence-corrected chi connectivity index (χ3v) is 2.73. The number of nitrogens with zero attached hydrogens (tertiary/aromatic N) is 3. The second-order valence-electron chi connectivity index (χ2n) is 5.31. The number of hydrogen-bond donors (Lipinski definition) is 1. The van der Waals surface area contributed by atoms with Crippen molar-refractivity contribution in [2.24, 2.45) is 10.2 Å². The van der Waals surface area contributed by atoms with Crippen LogP contribution in [-0.4, -0.2) is 10.1 Å². The molecule has 0 radical (unpaired) electrons. The molecular weight excluding hydrogens is 238 g/mol. The molecule has 0 unspecified atom stereocenters. The first kappa shape index (κ1) is 13.2. The molecule has 0 amide bonds. The molecule has 2 rings (SSSR count). The summed E-state index contributed by atoms with van der Waals surface area (Å²) in [5.74, 6) is 0.692. The van der Waals surface area contributed by atoms with Gasteiger partial charge in [0.2, 0.25) is 0 Å². The van der Waals surface area contributed by atoms with E-state index in [-0.39, 0.29) is 11.2 Å². The Morgan fingerprint density at radius 3 is 2.42 bits per heavy atom. The fraction of sp³-hybridized carbons (Fsp3) is 0.267. The summed E-state index contributed by atoms with van der Waals surface area (Å²) in [4.78, 5) is 4.05. The summed E-state index contributed by atoms with van der Waals surface area (Å²) in [6, 6.07) is 10.9. The van der Waals surface area contributed by atoms with Crippen LogP contribution in [-0.2, 0) is 5.41 Å². The van der Waals surface area contributed by atoms with Crippen LogP contribution in [0.1, 0.15) is 26.3 Å². The molecule has 2 aromatic rings. The predicted molar refractivity (Wildman–Crippen MR) is 75.2 cm³/mol. The highest BCUT2D eigenvalue weighted by atomic mass is 16.3. The third kappa shape index (κ3) is 3.16. The fourth-order valence-electron chi connectivity index (χ4n) is 1.74. The molecule has 0 saturated heterocycles. The lowest BCUT2D eigenvalue weighted by Gasteiger charge is -2.20. The Hall–Kier alpha value is -2.23. The van der Waals surface area contributed by atoms with Gasteiger partial charge in [-0.25, -0.2) is 4.98 Å². The van der Waals surface area contributed by atoms with Crippen molar-refractivity contribution in [3.05, 3.63) is 48.2 Å². The second-order valence-corrected chi connectivity index (χ2v) is 5.31. The van der Waals surface area contributed by atoms with Crippen LogP contribution in [0.4, 0.5) is 11.5 Å². The minimum Gasteiger partial charge on any atom is -0.505 e. The number of phenols is 1. The average molecular weight is 255 g/mol. The first-order valence-corrected chi connectivity index (χ1v) is 6.14. The molecule has 1 aromatic carbocycles. The van der Waals surface area contributed by atoms with E-state index in [4.69, 9.17) is 0 Å². The van der Waals surface area contributed by atoms with Crippen LogP contribution >= 0.6 is 0 Å². The number of para-hydroxylation sites is 1. The van der Waals surface area contributed by atoms with Gasteiger partial charge >= 0.3 is 0 Å². The molecule has 4 heteroatoms. The van der Waals surface area contributed by atoms with E-state index in [2.05, 4.69) is 15.2 Å². The van der Waals surface area contributed by atoms with Crippen LogP contribution in [0.2, 0.25) is 0 Å². The Morgan fingerprint density at radius 2 is 1.79 bits per heavy atom. The molecule has 0 fully saturated rings. The first-order valence-electron chi connectivity index (χ1n) is 6.14. The van der Waals surface area contributed by atoms with Gasteiger partial charge in [-0.05, 0) is 23.6 Å². The molecule has 1 aromatic heterocycles. The Morgan fingerprint density at radius 1 is 1.00 bits per heavy atom. The Labute approximate surface area is 112 Å². The molecule has 4 nitrogen and oxygen atoms in total. The zero-order valence-corrected chi connectivity index (χ0v) is 11.3. The molecule has 98 valence electrons. The molecule has 0 atom stereocenters. The van der Waals surface area contributed by atoms with Crippen molar-refractivity contribution in [2.45, 2.75) is 26.2 Å².